The molecule has 2 atom stereocenters. The quantitative estimate of drug-likeness (QED) is 0.892. The normalized spacial score (nSPS) is 20.2. The molecule has 1 aliphatic rings. The molecule has 2 aromatic carbocycles. The van der Waals surface area contributed by atoms with Gasteiger partial charge < -0.3 is 10.2 Å². The number of aliphatic hydroxyl groups is 1. The monoisotopic (exact) mass is 345 g/mol. The van der Waals surface area contributed by atoms with Gasteiger partial charge in [-0.15, -0.1) is 0 Å². The van der Waals surface area contributed by atoms with Crippen molar-refractivity contribution >= 4 is 17.6 Å². The lowest BCUT2D eigenvalue weighted by atomic mass is 9.88. The van der Waals surface area contributed by atoms with E-state index < -0.39 is 11.6 Å². The molecule has 0 aliphatic carbocycles. The molecule has 1 aliphatic heterocycles. The Labute approximate surface area is 146 Å². The van der Waals surface area contributed by atoms with Crippen LogP contribution in [0.1, 0.15) is 29.7 Å². The van der Waals surface area contributed by atoms with Gasteiger partial charge in [-0.1, -0.05) is 48.0 Å². The SMILES string of the molecule is CC(O)(CN1Cc2cc(Cl)ccc2CC1c1ccccc1)C(=O)O. The highest BCUT2D eigenvalue weighted by molar-refractivity contribution is 6.30. The van der Waals surface area contributed by atoms with E-state index in [4.69, 9.17) is 11.6 Å². The topological polar surface area (TPSA) is 60.8 Å². The molecule has 0 fully saturated rings. The highest BCUT2D eigenvalue weighted by Crippen LogP contribution is 2.35. The zero-order chi connectivity index (χ0) is 17.3. The molecule has 0 saturated carbocycles. The predicted octanol–water partition coefficient (Wildman–Crippen LogP) is 3.28. The number of fused-ring (bicyclic) bond motifs is 1. The molecule has 4 nitrogen and oxygen atoms in total. The van der Waals surface area contributed by atoms with E-state index in [9.17, 15) is 15.0 Å². The fourth-order valence-corrected chi connectivity index (χ4v) is 3.43. The summed E-state index contributed by atoms with van der Waals surface area (Å²) in [5, 5.41) is 20.2. The number of aliphatic carboxylic acids is 1. The summed E-state index contributed by atoms with van der Waals surface area (Å²) < 4.78 is 0. The number of carboxylic acids is 1. The number of hydrogen-bond donors (Lipinski definition) is 2. The van der Waals surface area contributed by atoms with E-state index in [-0.39, 0.29) is 12.6 Å². The first kappa shape index (κ1) is 17.0. The largest absolute Gasteiger partial charge is 0.479 e. The Hall–Kier alpha value is -1.88. The maximum atomic E-state index is 11.3. The summed E-state index contributed by atoms with van der Waals surface area (Å²) >= 11 is 6.10. The van der Waals surface area contributed by atoms with Crippen molar-refractivity contribution in [3.05, 3.63) is 70.2 Å². The fourth-order valence-electron chi connectivity index (χ4n) is 3.24. The Balaban J connectivity index is 1.97. The van der Waals surface area contributed by atoms with Gasteiger partial charge in [0.2, 0.25) is 0 Å². The van der Waals surface area contributed by atoms with Crippen molar-refractivity contribution in [2.45, 2.75) is 31.5 Å². The lowest BCUT2D eigenvalue weighted by Gasteiger charge is -2.40. The van der Waals surface area contributed by atoms with Crippen molar-refractivity contribution in [2.75, 3.05) is 6.54 Å². The van der Waals surface area contributed by atoms with Crippen LogP contribution in [-0.4, -0.2) is 33.2 Å². The Bertz CT molecular complexity index is 746. The van der Waals surface area contributed by atoms with E-state index in [0.717, 1.165) is 17.5 Å². The molecule has 0 saturated heterocycles. The van der Waals surface area contributed by atoms with Gasteiger partial charge in [0.05, 0.1) is 0 Å². The van der Waals surface area contributed by atoms with Crippen molar-refractivity contribution in [2.24, 2.45) is 0 Å². The first-order chi connectivity index (χ1) is 11.4. The van der Waals surface area contributed by atoms with E-state index in [1.54, 1.807) is 0 Å². The molecule has 126 valence electrons. The van der Waals surface area contributed by atoms with Gasteiger partial charge in [-0.3, -0.25) is 4.90 Å². The Morgan fingerprint density at radius 2 is 1.96 bits per heavy atom. The zero-order valence-corrected chi connectivity index (χ0v) is 14.2. The number of benzene rings is 2. The van der Waals surface area contributed by atoms with Crippen molar-refractivity contribution in [3.8, 4) is 0 Å². The van der Waals surface area contributed by atoms with Gasteiger partial charge in [-0.2, -0.15) is 0 Å². The minimum Gasteiger partial charge on any atom is -0.479 e. The number of halogens is 1. The first-order valence-electron chi connectivity index (χ1n) is 7.89. The van der Waals surface area contributed by atoms with Gasteiger partial charge in [0.15, 0.2) is 5.60 Å². The van der Waals surface area contributed by atoms with Crippen LogP contribution in [0.15, 0.2) is 48.5 Å². The lowest BCUT2D eigenvalue weighted by molar-refractivity contribution is -0.159. The lowest BCUT2D eigenvalue weighted by Crippen LogP contribution is -2.49. The average Bonchev–Trinajstić information content (AvgIpc) is 2.54. The highest BCUT2D eigenvalue weighted by atomic mass is 35.5. The standard InChI is InChI=1S/C19H20ClNO3/c1-19(24,18(22)23)12-21-11-15-9-16(20)8-7-14(15)10-17(21)13-5-3-2-4-6-13/h2-9,17,24H,10-12H2,1H3,(H,22,23). The Kier molecular flexibility index (Phi) is 4.63. The molecule has 0 radical (unpaired) electrons. The molecule has 2 aromatic rings. The van der Waals surface area contributed by atoms with Crippen molar-refractivity contribution < 1.29 is 15.0 Å². The second-order valence-corrected chi connectivity index (χ2v) is 6.96. The van der Waals surface area contributed by atoms with Gasteiger partial charge in [0.1, 0.15) is 0 Å². The molecule has 5 heteroatoms. The number of β-amino-alcohol motifs (C(OH)–C–C–N with tert-alkyl or cyclic N) is 1. The molecule has 0 bridgehead atoms. The minimum absolute atomic E-state index is 0.0192. The predicted molar refractivity (Wildman–Crippen MR) is 93.0 cm³/mol. The van der Waals surface area contributed by atoms with E-state index in [0.29, 0.717) is 11.6 Å². The van der Waals surface area contributed by atoms with Crippen molar-refractivity contribution in [1.29, 1.82) is 0 Å². The van der Waals surface area contributed by atoms with E-state index in [1.807, 2.05) is 53.4 Å². The average molecular weight is 346 g/mol. The summed E-state index contributed by atoms with van der Waals surface area (Å²) in [5.41, 5.74) is 1.60. The molecular formula is C19H20ClNO3. The van der Waals surface area contributed by atoms with E-state index in [2.05, 4.69) is 0 Å². The molecular weight excluding hydrogens is 326 g/mol. The third kappa shape index (κ3) is 3.46. The second-order valence-electron chi connectivity index (χ2n) is 6.53. The molecule has 0 aromatic heterocycles. The molecule has 3 rings (SSSR count). The maximum absolute atomic E-state index is 11.3. The summed E-state index contributed by atoms with van der Waals surface area (Å²) in [5.74, 6) is -1.22. The molecule has 1 heterocycles. The minimum atomic E-state index is -1.80. The molecule has 0 amide bonds. The molecule has 2 N–H and O–H groups in total. The smallest absolute Gasteiger partial charge is 0.336 e. The fraction of sp³-hybridized carbons (Fsp3) is 0.316. The van der Waals surface area contributed by atoms with Crippen molar-refractivity contribution in [3.63, 3.8) is 0 Å². The third-order valence-electron chi connectivity index (χ3n) is 4.55. The van der Waals surface area contributed by atoms with Gasteiger partial charge >= 0.3 is 5.97 Å². The van der Waals surface area contributed by atoms with Crippen LogP contribution >= 0.6 is 11.6 Å². The molecule has 2 unspecified atom stereocenters. The van der Waals surface area contributed by atoms with Crippen LogP contribution in [0.4, 0.5) is 0 Å². The van der Waals surface area contributed by atoms with Crippen LogP contribution < -0.4 is 0 Å². The summed E-state index contributed by atoms with van der Waals surface area (Å²) in [6.07, 6.45) is 0.756. The summed E-state index contributed by atoms with van der Waals surface area (Å²) in [4.78, 5) is 13.4. The summed E-state index contributed by atoms with van der Waals surface area (Å²) in [7, 11) is 0. The second kappa shape index (κ2) is 6.55. The summed E-state index contributed by atoms with van der Waals surface area (Å²) in [6, 6.07) is 15.8. The van der Waals surface area contributed by atoms with E-state index in [1.165, 1.54) is 12.5 Å². The molecule has 0 spiro atoms. The Morgan fingerprint density at radius 3 is 2.62 bits per heavy atom. The van der Waals surface area contributed by atoms with Crippen LogP contribution in [-0.2, 0) is 17.8 Å². The van der Waals surface area contributed by atoms with Crippen LogP contribution in [0.2, 0.25) is 5.02 Å². The first-order valence-corrected chi connectivity index (χ1v) is 8.27. The highest BCUT2D eigenvalue weighted by Gasteiger charge is 2.37. The van der Waals surface area contributed by atoms with Crippen LogP contribution in [0.5, 0.6) is 0 Å². The van der Waals surface area contributed by atoms with Crippen LogP contribution in [0, 0.1) is 0 Å². The van der Waals surface area contributed by atoms with Crippen LogP contribution in [0.3, 0.4) is 0 Å². The zero-order valence-electron chi connectivity index (χ0n) is 13.4. The summed E-state index contributed by atoms with van der Waals surface area (Å²) in [6.45, 7) is 1.94. The maximum Gasteiger partial charge on any atom is 0.336 e. The van der Waals surface area contributed by atoms with Gasteiger partial charge in [-0.05, 0) is 42.2 Å². The van der Waals surface area contributed by atoms with Gasteiger partial charge in [0, 0.05) is 24.2 Å². The Morgan fingerprint density at radius 1 is 1.25 bits per heavy atom. The third-order valence-corrected chi connectivity index (χ3v) is 4.79. The van der Waals surface area contributed by atoms with Crippen LogP contribution in [0.25, 0.3) is 0 Å². The number of nitrogens with zero attached hydrogens (tertiary/aromatic N) is 1. The van der Waals surface area contributed by atoms with Crippen molar-refractivity contribution in [1.82, 2.24) is 4.90 Å². The number of carbonyl (C=O) groups is 1. The number of rotatable bonds is 4. The van der Waals surface area contributed by atoms with Gasteiger partial charge in [0.25, 0.3) is 0 Å². The molecule has 24 heavy (non-hydrogen) atoms. The number of hydrogen-bond acceptors (Lipinski definition) is 3. The van der Waals surface area contributed by atoms with Gasteiger partial charge in [-0.25, -0.2) is 4.79 Å². The number of carboxylic acid groups (broad SMARTS) is 1. The van der Waals surface area contributed by atoms with E-state index >= 15 is 0 Å².